The van der Waals surface area contributed by atoms with Gasteiger partial charge in [0, 0.05) is 10.3 Å². The highest BCUT2D eigenvalue weighted by Gasteiger charge is 2.46. The van der Waals surface area contributed by atoms with Crippen LogP contribution in [0.3, 0.4) is 0 Å². The fraction of sp³-hybridized carbons (Fsp3) is 0.368. The van der Waals surface area contributed by atoms with Gasteiger partial charge in [-0.05, 0) is 45.0 Å². The minimum atomic E-state index is -0.869. The Kier molecular flexibility index (Phi) is 5.11. The summed E-state index contributed by atoms with van der Waals surface area (Å²) < 4.78 is 10.5. The largest absolute Gasteiger partial charge is 0.480 e. The van der Waals surface area contributed by atoms with Crippen molar-refractivity contribution < 1.29 is 23.8 Å². The van der Waals surface area contributed by atoms with Gasteiger partial charge in [-0.25, -0.2) is 4.79 Å². The van der Waals surface area contributed by atoms with Gasteiger partial charge in [-0.1, -0.05) is 12.1 Å². The van der Waals surface area contributed by atoms with E-state index in [0.717, 1.165) is 5.56 Å². The first kappa shape index (κ1) is 18.5. The molecule has 0 amide bonds. The summed E-state index contributed by atoms with van der Waals surface area (Å²) in [6.07, 6.45) is 0. The lowest BCUT2D eigenvalue weighted by atomic mass is 10.0. The maximum Gasteiger partial charge on any atom is 0.338 e. The van der Waals surface area contributed by atoms with Gasteiger partial charge < -0.3 is 14.3 Å². The van der Waals surface area contributed by atoms with Crippen molar-refractivity contribution in [2.45, 2.75) is 36.9 Å². The highest BCUT2D eigenvalue weighted by Crippen LogP contribution is 2.46. The Balaban J connectivity index is 1.76. The molecule has 1 aromatic heterocycles. The highest BCUT2D eigenvalue weighted by molar-refractivity contribution is 8.01. The van der Waals surface area contributed by atoms with E-state index in [0.29, 0.717) is 23.7 Å². The zero-order valence-electron chi connectivity index (χ0n) is 14.8. The third kappa shape index (κ3) is 3.64. The van der Waals surface area contributed by atoms with Gasteiger partial charge >= 0.3 is 11.9 Å². The molecule has 2 N–H and O–H groups in total. The number of hydrogen-bond acceptors (Lipinski definition) is 6. The molecular formula is C19H21NO5S. The number of esters is 1. The summed E-state index contributed by atoms with van der Waals surface area (Å²) in [7, 11) is 0. The van der Waals surface area contributed by atoms with Crippen molar-refractivity contribution in [2.24, 2.45) is 0 Å². The van der Waals surface area contributed by atoms with Crippen LogP contribution in [0.2, 0.25) is 0 Å². The molecule has 0 bridgehead atoms. The van der Waals surface area contributed by atoms with Crippen LogP contribution in [-0.4, -0.2) is 34.4 Å². The van der Waals surface area contributed by atoms with Crippen molar-refractivity contribution in [1.82, 2.24) is 5.32 Å². The Morgan fingerprint density at radius 1 is 1.23 bits per heavy atom. The quantitative estimate of drug-likeness (QED) is 0.771. The molecule has 1 saturated heterocycles. The van der Waals surface area contributed by atoms with Crippen molar-refractivity contribution in [1.29, 1.82) is 0 Å². The first-order valence-electron chi connectivity index (χ1n) is 8.36. The number of carbonyl (C=O) groups is 2. The molecule has 7 heteroatoms. The van der Waals surface area contributed by atoms with E-state index in [-0.39, 0.29) is 11.3 Å². The van der Waals surface area contributed by atoms with E-state index in [9.17, 15) is 14.7 Å². The second kappa shape index (κ2) is 7.17. The molecule has 1 fully saturated rings. The standard InChI is InChI=1S/C19H21NO5S/c1-4-24-18(23)12-7-5-11(6-8-12)13-9-10-14(25-13)16-20-15(17(21)22)19(2,3)26-16/h5-10,15-16,20H,4H2,1-3H3,(H,21,22). The number of furan rings is 1. The smallest absolute Gasteiger partial charge is 0.338 e. The zero-order valence-corrected chi connectivity index (χ0v) is 15.6. The second-order valence-corrected chi connectivity index (χ2v) is 8.30. The van der Waals surface area contributed by atoms with Crippen molar-refractivity contribution in [2.75, 3.05) is 6.61 Å². The Morgan fingerprint density at radius 2 is 1.92 bits per heavy atom. The minimum absolute atomic E-state index is 0.223. The van der Waals surface area contributed by atoms with Crippen molar-refractivity contribution in [3.8, 4) is 11.3 Å². The Hall–Kier alpha value is -2.25. The highest BCUT2D eigenvalue weighted by atomic mass is 32.2. The number of aliphatic carboxylic acids is 1. The monoisotopic (exact) mass is 375 g/mol. The average molecular weight is 375 g/mol. The van der Waals surface area contributed by atoms with Gasteiger partial charge in [0.05, 0.1) is 12.2 Å². The minimum Gasteiger partial charge on any atom is -0.480 e. The predicted molar refractivity (Wildman–Crippen MR) is 99.1 cm³/mol. The van der Waals surface area contributed by atoms with Crippen molar-refractivity contribution in [3.63, 3.8) is 0 Å². The maximum absolute atomic E-state index is 11.7. The molecule has 6 nitrogen and oxygen atoms in total. The van der Waals surface area contributed by atoms with Gasteiger partial charge in [0.25, 0.3) is 0 Å². The number of ether oxygens (including phenoxy) is 1. The number of hydrogen-bond donors (Lipinski definition) is 2. The van der Waals surface area contributed by atoms with Crippen LogP contribution in [0.4, 0.5) is 0 Å². The third-order valence-electron chi connectivity index (χ3n) is 4.25. The summed E-state index contributed by atoms with van der Waals surface area (Å²) in [5.41, 5.74) is 1.32. The van der Waals surface area contributed by atoms with E-state index in [2.05, 4.69) is 5.32 Å². The number of benzene rings is 1. The van der Waals surface area contributed by atoms with Crippen LogP contribution < -0.4 is 5.32 Å². The predicted octanol–water partition coefficient (Wildman–Crippen LogP) is 3.69. The molecule has 138 valence electrons. The molecule has 2 heterocycles. The summed E-state index contributed by atoms with van der Waals surface area (Å²) >= 11 is 1.53. The molecule has 0 aliphatic carbocycles. The molecule has 26 heavy (non-hydrogen) atoms. The van der Waals surface area contributed by atoms with Gasteiger partial charge in [-0.2, -0.15) is 0 Å². The maximum atomic E-state index is 11.7. The lowest BCUT2D eigenvalue weighted by Gasteiger charge is -2.20. The van der Waals surface area contributed by atoms with Crippen LogP contribution in [0.15, 0.2) is 40.8 Å². The van der Waals surface area contributed by atoms with E-state index in [1.165, 1.54) is 11.8 Å². The Bertz CT molecular complexity index is 812. The average Bonchev–Trinajstić information content (AvgIpc) is 3.19. The lowest BCUT2D eigenvalue weighted by molar-refractivity contribution is -0.139. The molecule has 2 unspecified atom stereocenters. The van der Waals surface area contributed by atoms with Gasteiger partial charge in [-0.3, -0.25) is 10.1 Å². The summed E-state index contributed by atoms with van der Waals surface area (Å²) in [6.45, 7) is 5.91. The number of rotatable bonds is 5. The van der Waals surface area contributed by atoms with Gasteiger partial charge in [0.15, 0.2) is 0 Å². The molecular weight excluding hydrogens is 354 g/mol. The number of nitrogens with one attached hydrogen (secondary N) is 1. The zero-order chi connectivity index (χ0) is 18.9. The van der Waals surface area contributed by atoms with Gasteiger partial charge in [0.1, 0.15) is 22.9 Å². The molecule has 3 rings (SSSR count). The van der Waals surface area contributed by atoms with Crippen LogP contribution >= 0.6 is 11.8 Å². The fourth-order valence-electron chi connectivity index (χ4n) is 2.90. The van der Waals surface area contributed by atoms with E-state index in [1.54, 1.807) is 31.2 Å². The molecule has 1 aromatic carbocycles. The number of carbonyl (C=O) groups excluding carboxylic acids is 1. The molecule has 1 aliphatic heterocycles. The van der Waals surface area contributed by atoms with Crippen molar-refractivity contribution >= 4 is 23.7 Å². The van der Waals surface area contributed by atoms with E-state index >= 15 is 0 Å². The van der Waals surface area contributed by atoms with E-state index in [4.69, 9.17) is 9.15 Å². The lowest BCUT2D eigenvalue weighted by Crippen LogP contribution is -2.43. The molecule has 0 radical (unpaired) electrons. The summed E-state index contributed by atoms with van der Waals surface area (Å²) in [6, 6.07) is 10.0. The molecule has 0 spiro atoms. The van der Waals surface area contributed by atoms with E-state index in [1.807, 2.05) is 26.0 Å². The van der Waals surface area contributed by atoms with Gasteiger partial charge in [0.2, 0.25) is 0 Å². The first-order valence-corrected chi connectivity index (χ1v) is 9.23. The normalized spacial score (nSPS) is 21.5. The number of thioether (sulfide) groups is 1. The molecule has 1 aliphatic rings. The van der Waals surface area contributed by atoms with Crippen LogP contribution in [0.25, 0.3) is 11.3 Å². The summed E-state index contributed by atoms with van der Waals surface area (Å²) in [5.74, 6) is 0.115. The Labute approximate surface area is 155 Å². The molecule has 2 aromatic rings. The topological polar surface area (TPSA) is 88.8 Å². The number of carboxylic acid groups (broad SMARTS) is 1. The molecule has 0 saturated carbocycles. The van der Waals surface area contributed by atoms with E-state index < -0.39 is 16.8 Å². The SMILES string of the molecule is CCOC(=O)c1ccc(-c2ccc(C3NC(C(=O)O)C(C)(C)S3)o2)cc1. The number of carboxylic acids is 1. The Morgan fingerprint density at radius 3 is 2.50 bits per heavy atom. The van der Waals surface area contributed by atoms with Crippen LogP contribution in [0.1, 0.15) is 42.3 Å². The summed E-state index contributed by atoms with van der Waals surface area (Å²) in [4.78, 5) is 23.1. The second-order valence-electron chi connectivity index (χ2n) is 6.54. The van der Waals surface area contributed by atoms with Crippen LogP contribution in [0, 0.1) is 0 Å². The molecule has 2 atom stereocenters. The summed E-state index contributed by atoms with van der Waals surface area (Å²) in [5, 5.41) is 12.2. The van der Waals surface area contributed by atoms with Crippen LogP contribution in [-0.2, 0) is 9.53 Å². The van der Waals surface area contributed by atoms with Crippen molar-refractivity contribution in [3.05, 3.63) is 47.7 Å². The van der Waals surface area contributed by atoms with Gasteiger partial charge in [-0.15, -0.1) is 11.8 Å². The first-order chi connectivity index (χ1) is 12.3. The third-order valence-corrected chi connectivity index (χ3v) is 5.69. The van der Waals surface area contributed by atoms with Crippen LogP contribution in [0.5, 0.6) is 0 Å². The fourth-order valence-corrected chi connectivity index (χ4v) is 4.26.